The predicted octanol–water partition coefficient (Wildman–Crippen LogP) is 7.32. The minimum absolute atomic E-state index is 0. The zero-order chi connectivity index (χ0) is 33.3. The summed E-state index contributed by atoms with van der Waals surface area (Å²) in [5.74, 6) is 0. The minimum Gasteiger partial charge on any atom is -1.00 e. The molecule has 0 N–H and O–H groups in total. The average Bonchev–Trinajstić information content (AvgIpc) is 3.61. The molecule has 4 aromatic carbocycles. The quantitative estimate of drug-likeness (QED) is 0.202. The summed E-state index contributed by atoms with van der Waals surface area (Å²) in [6, 6.07) is 22.3. The van der Waals surface area contributed by atoms with Gasteiger partial charge in [0.15, 0.2) is 0 Å². The molecule has 0 unspecified atom stereocenters. The van der Waals surface area contributed by atoms with E-state index >= 15 is 0 Å². The van der Waals surface area contributed by atoms with E-state index in [1.165, 1.54) is 39.9 Å². The summed E-state index contributed by atoms with van der Waals surface area (Å²) in [6.07, 6.45) is 7.86. The van der Waals surface area contributed by atoms with E-state index in [4.69, 9.17) is 46.4 Å². The van der Waals surface area contributed by atoms with Gasteiger partial charge in [0.1, 0.15) is 0 Å². The first-order chi connectivity index (χ1) is 21.6. The second-order valence-electron chi connectivity index (χ2n) is 14.8. The van der Waals surface area contributed by atoms with E-state index in [-0.39, 0.29) is 39.3 Å². The van der Waals surface area contributed by atoms with Gasteiger partial charge in [0.25, 0.3) is 0 Å². The van der Waals surface area contributed by atoms with E-state index in [0.717, 1.165) is 28.7 Å². The number of fused-ring (bicyclic) bond motifs is 3. The van der Waals surface area contributed by atoms with Crippen molar-refractivity contribution < 1.29 is 46.1 Å². The first-order valence-corrected chi connectivity index (χ1v) is 21.3. The summed E-state index contributed by atoms with van der Waals surface area (Å²) in [5, 5.41) is 2.60. The van der Waals surface area contributed by atoms with Crippen molar-refractivity contribution in [1.82, 2.24) is 0 Å². The molecule has 0 aliphatic heterocycles. The summed E-state index contributed by atoms with van der Waals surface area (Å²) in [7, 11) is 0. The van der Waals surface area contributed by atoms with E-state index in [2.05, 4.69) is 122 Å². The number of halogens is 6. The van der Waals surface area contributed by atoms with Crippen LogP contribution in [0.15, 0.2) is 82.2 Å². The molecule has 0 aromatic heterocycles. The number of hydrogen-bond acceptors (Lipinski definition) is 0. The summed E-state index contributed by atoms with van der Waals surface area (Å²) in [6.45, 7) is 18.1. The smallest absolute Gasteiger partial charge is 1.00 e. The number of rotatable bonds is 4. The first kappa shape index (κ1) is 39.6. The third-order valence-electron chi connectivity index (χ3n) is 9.58. The Morgan fingerprint density at radius 2 is 1.08 bits per heavy atom. The van der Waals surface area contributed by atoms with Gasteiger partial charge in [-0.1, -0.05) is 0 Å². The Morgan fingerprint density at radius 3 is 1.46 bits per heavy atom. The number of benzene rings is 4. The van der Waals surface area contributed by atoms with Crippen LogP contribution in [0.3, 0.4) is 0 Å². The molecule has 48 heavy (non-hydrogen) atoms. The standard InChI is InChI=1S/C21H25.C15H10Cl4.C5H5.2ClH.Zr/c1-20(2,3)16-7-9-18-14(12-16)11-15-13-17(21(4,5)6)8-10-19(15)18;1-8-10(4-12(16)6-14(8)18)3-11-5-13(17)7-15(19)9(11)2;1-2-4-5-3-1;;;/h7-13H,1-6H3;4-7H,1-2H3;1-3H,4H2;2*1H;/q;;;;;+2/p-2. The van der Waals surface area contributed by atoms with E-state index in [9.17, 15) is 0 Å². The van der Waals surface area contributed by atoms with Gasteiger partial charge in [0.2, 0.25) is 0 Å². The van der Waals surface area contributed by atoms with Crippen LogP contribution in [0.2, 0.25) is 20.1 Å². The fraction of sp³-hybridized carbons (Fsp3) is 0.293. The van der Waals surface area contributed by atoms with Crippen molar-refractivity contribution in [2.75, 3.05) is 0 Å². The first-order valence-electron chi connectivity index (χ1n) is 15.9. The van der Waals surface area contributed by atoms with Crippen molar-refractivity contribution in [3.05, 3.63) is 147 Å². The molecule has 0 spiro atoms. The largest absolute Gasteiger partial charge is 1.00 e. The average molecular weight is 837 g/mol. The maximum absolute atomic E-state index is 6.93. The van der Waals surface area contributed by atoms with Crippen LogP contribution in [-0.2, 0) is 32.1 Å². The van der Waals surface area contributed by atoms with E-state index < -0.39 is 21.3 Å². The molecule has 0 amide bonds. The van der Waals surface area contributed by atoms with Crippen molar-refractivity contribution in [3.8, 4) is 11.1 Å². The van der Waals surface area contributed by atoms with Crippen LogP contribution in [0.1, 0.15) is 96.1 Å². The zero-order valence-electron chi connectivity index (χ0n) is 28.6. The molecule has 0 bridgehead atoms. The second kappa shape index (κ2) is 14.8. The Bertz CT molecular complexity index is 1880. The van der Waals surface area contributed by atoms with Crippen LogP contribution >= 0.6 is 46.4 Å². The van der Waals surface area contributed by atoms with Gasteiger partial charge in [-0.05, 0) is 0 Å². The number of allylic oxidation sites excluding steroid dienone is 4. The normalized spacial score (nSPS) is 13.6. The van der Waals surface area contributed by atoms with E-state index in [1.807, 2.05) is 12.1 Å². The molecule has 4 aromatic rings. The third-order valence-corrected chi connectivity index (χ3v) is 19.0. The van der Waals surface area contributed by atoms with Crippen molar-refractivity contribution in [2.24, 2.45) is 0 Å². The number of hydrogen-bond donors (Lipinski definition) is 0. The van der Waals surface area contributed by atoms with Crippen LogP contribution in [0.5, 0.6) is 0 Å². The van der Waals surface area contributed by atoms with Gasteiger partial charge in [0, 0.05) is 0 Å². The summed E-state index contributed by atoms with van der Waals surface area (Å²) in [5.41, 5.74) is 12.6. The molecule has 2 aliphatic carbocycles. The molecule has 7 heteroatoms. The molecule has 0 atom stereocenters. The maximum Gasteiger partial charge on any atom is -1.00 e. The van der Waals surface area contributed by atoms with Gasteiger partial charge >= 0.3 is 305 Å². The van der Waals surface area contributed by atoms with Crippen LogP contribution in [0, 0.1) is 13.8 Å². The fourth-order valence-electron chi connectivity index (χ4n) is 6.89. The van der Waals surface area contributed by atoms with Gasteiger partial charge in [-0.15, -0.1) is 0 Å². The SMILES string of the molecule is Cc1c(Cl)cc(Cl)cc1[C](c1cc(Cl)cc(Cl)c1C)=[Zr+2]([C]1=CC=CC1)[CH]1c2cc(C(C)(C)C)ccc2-c2ccc(C(C)(C)C)cc21.[Cl-].[Cl-]. The minimum atomic E-state index is -3.08. The molecule has 0 nitrogen and oxygen atoms in total. The molecule has 0 radical (unpaired) electrons. The Kier molecular flexibility index (Phi) is 12.3. The van der Waals surface area contributed by atoms with Crippen molar-refractivity contribution in [3.63, 3.8) is 0 Å². The van der Waals surface area contributed by atoms with Crippen molar-refractivity contribution in [2.45, 2.75) is 76.3 Å². The Labute approximate surface area is 326 Å². The molecular weight excluding hydrogens is 796 g/mol. The molecule has 0 saturated carbocycles. The molecule has 6 rings (SSSR count). The fourth-order valence-corrected chi connectivity index (χ4v) is 17.2. The molecule has 0 fully saturated rings. The molecule has 250 valence electrons. The van der Waals surface area contributed by atoms with Crippen molar-refractivity contribution >= 4 is 49.6 Å². The Hall–Kier alpha value is -1.15. The van der Waals surface area contributed by atoms with E-state index in [1.54, 1.807) is 0 Å². The molecule has 2 aliphatic rings. The predicted molar refractivity (Wildman–Crippen MR) is 199 cm³/mol. The Morgan fingerprint density at radius 1 is 0.646 bits per heavy atom. The van der Waals surface area contributed by atoms with Crippen LogP contribution < -0.4 is 24.8 Å². The van der Waals surface area contributed by atoms with Crippen LogP contribution in [-0.4, -0.2) is 3.21 Å². The molecule has 0 heterocycles. The summed E-state index contributed by atoms with van der Waals surface area (Å²) in [4.78, 5) is 0. The van der Waals surface area contributed by atoms with Gasteiger partial charge in [-0.2, -0.15) is 0 Å². The van der Waals surface area contributed by atoms with Gasteiger partial charge in [-0.25, -0.2) is 0 Å². The van der Waals surface area contributed by atoms with Crippen molar-refractivity contribution in [1.29, 1.82) is 0 Å². The third kappa shape index (κ3) is 7.42. The monoisotopic (exact) mass is 832 g/mol. The summed E-state index contributed by atoms with van der Waals surface area (Å²) < 4.78 is 3.11. The molecule has 0 saturated heterocycles. The van der Waals surface area contributed by atoms with Crippen LogP contribution in [0.4, 0.5) is 0 Å². The van der Waals surface area contributed by atoms with Gasteiger partial charge in [-0.3, -0.25) is 0 Å². The van der Waals surface area contributed by atoms with Crippen LogP contribution in [0.25, 0.3) is 11.1 Å². The second-order valence-corrected chi connectivity index (χ2v) is 22.7. The van der Waals surface area contributed by atoms with E-state index in [0.29, 0.717) is 20.1 Å². The summed E-state index contributed by atoms with van der Waals surface area (Å²) >= 11 is 24.4. The Balaban J connectivity index is 0.00000260. The topological polar surface area (TPSA) is 0 Å². The maximum atomic E-state index is 6.93. The van der Waals surface area contributed by atoms with Gasteiger partial charge in [0.05, 0.1) is 0 Å². The zero-order valence-corrected chi connectivity index (χ0v) is 35.6. The van der Waals surface area contributed by atoms with Gasteiger partial charge < -0.3 is 24.8 Å². The molecular formula is C41H40Cl6Zr.